The van der Waals surface area contributed by atoms with E-state index in [1.54, 1.807) is 19.2 Å². The fourth-order valence-corrected chi connectivity index (χ4v) is 2.24. The molecule has 0 fully saturated rings. The number of rotatable bonds is 1. The van der Waals surface area contributed by atoms with Gasteiger partial charge in [-0.05, 0) is 29.2 Å². The van der Waals surface area contributed by atoms with Crippen LogP contribution >= 0.6 is 0 Å². The molecule has 0 spiro atoms. The Balaban J connectivity index is 2.63. The minimum absolute atomic E-state index is 0.204. The summed E-state index contributed by atoms with van der Waals surface area (Å²) < 4.78 is 5.17. The summed E-state index contributed by atoms with van der Waals surface area (Å²) >= 11 is 0. The van der Waals surface area contributed by atoms with Crippen molar-refractivity contribution in [2.45, 2.75) is 25.7 Å². The van der Waals surface area contributed by atoms with Gasteiger partial charge in [0.1, 0.15) is 11.5 Å². The molecule has 0 aliphatic heterocycles. The van der Waals surface area contributed by atoms with Crippen molar-refractivity contribution in [2.24, 2.45) is 5.16 Å². The van der Waals surface area contributed by atoms with Crippen LogP contribution in [0.15, 0.2) is 23.4 Å². The van der Waals surface area contributed by atoms with Gasteiger partial charge in [0.2, 0.25) is 5.78 Å². The normalized spacial score (nSPS) is 20.2. The molecule has 2 rings (SSSR count). The number of ether oxygens (including phenoxy) is 1. The van der Waals surface area contributed by atoms with Gasteiger partial charge in [-0.15, -0.1) is 0 Å². The molecule has 1 aromatic rings. The number of ketones is 1. The van der Waals surface area contributed by atoms with Crippen LogP contribution in [0.2, 0.25) is 0 Å². The van der Waals surface area contributed by atoms with Gasteiger partial charge >= 0.3 is 0 Å². The molecule has 0 saturated carbocycles. The van der Waals surface area contributed by atoms with Crippen molar-refractivity contribution < 1.29 is 14.7 Å². The van der Waals surface area contributed by atoms with Crippen molar-refractivity contribution in [2.75, 3.05) is 7.11 Å². The van der Waals surface area contributed by atoms with E-state index < -0.39 is 0 Å². The lowest BCUT2D eigenvalue weighted by atomic mass is 9.71. The minimum atomic E-state index is -0.237. The predicted molar refractivity (Wildman–Crippen MR) is 64.2 cm³/mol. The third kappa shape index (κ3) is 1.79. The van der Waals surface area contributed by atoms with Crippen molar-refractivity contribution in [1.82, 2.24) is 0 Å². The lowest BCUT2D eigenvalue weighted by Gasteiger charge is -2.32. The highest BCUT2D eigenvalue weighted by Crippen LogP contribution is 2.37. The van der Waals surface area contributed by atoms with Crippen molar-refractivity contribution in [3.05, 3.63) is 29.3 Å². The Bertz CT molecular complexity index is 503. The fourth-order valence-electron chi connectivity index (χ4n) is 2.24. The molecule has 0 unspecified atom stereocenters. The quantitative estimate of drug-likeness (QED) is 0.598. The number of carbonyl (C=O) groups is 1. The highest BCUT2D eigenvalue weighted by Gasteiger charge is 2.36. The molecule has 4 heteroatoms. The topological polar surface area (TPSA) is 58.9 Å². The largest absolute Gasteiger partial charge is 0.497 e. The summed E-state index contributed by atoms with van der Waals surface area (Å²) in [6.45, 7) is 4.03. The van der Waals surface area contributed by atoms with E-state index in [0.717, 1.165) is 11.3 Å². The number of benzene rings is 1. The average molecular weight is 233 g/mol. The van der Waals surface area contributed by atoms with Crippen LogP contribution in [0.1, 0.15) is 36.2 Å². The molecule has 1 aliphatic carbocycles. The van der Waals surface area contributed by atoms with Gasteiger partial charge in [0.25, 0.3) is 0 Å². The smallest absolute Gasteiger partial charge is 0.210 e. The first-order valence-electron chi connectivity index (χ1n) is 5.44. The molecule has 1 aromatic carbocycles. The average Bonchev–Trinajstić information content (AvgIpc) is 2.33. The van der Waals surface area contributed by atoms with Crippen LogP contribution in [-0.4, -0.2) is 23.8 Å². The maximum absolute atomic E-state index is 12.0. The number of oxime groups is 1. The van der Waals surface area contributed by atoms with Crippen molar-refractivity contribution >= 4 is 11.5 Å². The zero-order valence-electron chi connectivity index (χ0n) is 10.2. The first kappa shape index (κ1) is 11.6. The number of nitrogens with zero attached hydrogens (tertiary/aromatic N) is 1. The zero-order chi connectivity index (χ0) is 12.6. The summed E-state index contributed by atoms with van der Waals surface area (Å²) in [5, 5.41) is 12.0. The summed E-state index contributed by atoms with van der Waals surface area (Å²) in [6, 6.07) is 5.34. The van der Waals surface area contributed by atoms with Gasteiger partial charge in [-0.25, -0.2) is 0 Å². The highest BCUT2D eigenvalue weighted by molar-refractivity contribution is 6.47. The van der Waals surface area contributed by atoms with Crippen molar-refractivity contribution in [3.8, 4) is 5.75 Å². The Morgan fingerprint density at radius 3 is 2.71 bits per heavy atom. The van der Waals surface area contributed by atoms with Gasteiger partial charge < -0.3 is 9.94 Å². The number of hydrogen-bond donors (Lipinski definition) is 1. The highest BCUT2D eigenvalue weighted by atomic mass is 16.5. The molecule has 0 amide bonds. The molecule has 4 nitrogen and oxygen atoms in total. The molecule has 0 atom stereocenters. The van der Waals surface area contributed by atoms with Gasteiger partial charge in [0.15, 0.2) is 0 Å². The lowest BCUT2D eigenvalue weighted by molar-refractivity contribution is 0.105. The second-order valence-corrected chi connectivity index (χ2v) is 4.85. The Labute approximate surface area is 99.9 Å². The van der Waals surface area contributed by atoms with Crippen LogP contribution in [0.3, 0.4) is 0 Å². The monoisotopic (exact) mass is 233 g/mol. The second-order valence-electron chi connectivity index (χ2n) is 4.85. The van der Waals surface area contributed by atoms with Crippen LogP contribution in [0.25, 0.3) is 0 Å². The first-order valence-corrected chi connectivity index (χ1v) is 5.44. The minimum Gasteiger partial charge on any atom is -0.497 e. The van der Waals surface area contributed by atoms with Gasteiger partial charge in [-0.2, -0.15) is 0 Å². The number of Topliss-reactive ketones (excluding diaryl/α,β-unsaturated/α-hetero) is 1. The van der Waals surface area contributed by atoms with E-state index >= 15 is 0 Å². The molecule has 0 bridgehead atoms. The summed E-state index contributed by atoms with van der Waals surface area (Å²) in [5.74, 6) is 0.526. The summed E-state index contributed by atoms with van der Waals surface area (Å²) in [7, 11) is 1.60. The molecular formula is C13H15NO3. The van der Waals surface area contributed by atoms with E-state index in [0.29, 0.717) is 12.0 Å². The summed E-state index contributed by atoms with van der Waals surface area (Å²) in [4.78, 5) is 12.0. The van der Waals surface area contributed by atoms with E-state index in [-0.39, 0.29) is 16.9 Å². The van der Waals surface area contributed by atoms with E-state index in [2.05, 4.69) is 5.16 Å². The van der Waals surface area contributed by atoms with Crippen LogP contribution < -0.4 is 4.74 Å². The van der Waals surface area contributed by atoms with Gasteiger partial charge in [0, 0.05) is 12.0 Å². The third-order valence-electron chi connectivity index (χ3n) is 3.19. The van der Waals surface area contributed by atoms with Crippen LogP contribution in [-0.2, 0) is 5.41 Å². The zero-order valence-corrected chi connectivity index (χ0v) is 10.2. The SMILES string of the molecule is COc1ccc2c(c1)C(C)(C)CC(=NO)C2=O. The third-order valence-corrected chi connectivity index (χ3v) is 3.19. The first-order chi connectivity index (χ1) is 7.99. The molecule has 0 radical (unpaired) electrons. The number of carbonyl (C=O) groups excluding carboxylic acids is 1. The Hall–Kier alpha value is -1.84. The van der Waals surface area contributed by atoms with Gasteiger partial charge in [-0.1, -0.05) is 19.0 Å². The van der Waals surface area contributed by atoms with E-state index in [9.17, 15) is 4.79 Å². The maximum atomic E-state index is 12.0. The van der Waals surface area contributed by atoms with Crippen LogP contribution in [0, 0.1) is 0 Å². The van der Waals surface area contributed by atoms with E-state index in [1.165, 1.54) is 0 Å². The molecule has 17 heavy (non-hydrogen) atoms. The number of methoxy groups -OCH3 is 1. The molecule has 0 heterocycles. The van der Waals surface area contributed by atoms with E-state index in [4.69, 9.17) is 9.94 Å². The van der Waals surface area contributed by atoms with Crippen molar-refractivity contribution in [3.63, 3.8) is 0 Å². The molecule has 0 saturated heterocycles. The number of hydrogen-bond acceptors (Lipinski definition) is 4. The fraction of sp³-hybridized carbons (Fsp3) is 0.385. The van der Waals surface area contributed by atoms with E-state index in [1.807, 2.05) is 19.9 Å². The summed E-state index contributed by atoms with van der Waals surface area (Å²) in [6.07, 6.45) is 0.433. The van der Waals surface area contributed by atoms with Crippen molar-refractivity contribution in [1.29, 1.82) is 0 Å². The Morgan fingerprint density at radius 1 is 1.41 bits per heavy atom. The maximum Gasteiger partial charge on any atom is 0.210 e. The number of fused-ring (bicyclic) bond motifs is 1. The molecule has 1 N–H and O–H groups in total. The van der Waals surface area contributed by atoms with Gasteiger partial charge in [0.05, 0.1) is 7.11 Å². The second kappa shape index (κ2) is 3.87. The standard InChI is InChI=1S/C13H15NO3/c1-13(2)7-11(14-16)12(15)9-5-4-8(17-3)6-10(9)13/h4-6,16H,7H2,1-3H3. The lowest BCUT2D eigenvalue weighted by Crippen LogP contribution is -2.34. The molecular weight excluding hydrogens is 218 g/mol. The Kier molecular flexibility index (Phi) is 2.65. The van der Waals surface area contributed by atoms with Gasteiger partial charge in [-0.3, -0.25) is 4.79 Å². The Morgan fingerprint density at radius 2 is 2.12 bits per heavy atom. The predicted octanol–water partition coefficient (Wildman–Crippen LogP) is 2.39. The van der Waals surface area contributed by atoms with Crippen LogP contribution in [0.4, 0.5) is 0 Å². The van der Waals surface area contributed by atoms with Crippen LogP contribution in [0.5, 0.6) is 5.75 Å². The summed E-state index contributed by atoms with van der Waals surface area (Å²) in [5.41, 5.74) is 1.51. The molecule has 90 valence electrons. The molecule has 1 aliphatic rings. The molecule has 0 aromatic heterocycles.